The topological polar surface area (TPSA) is 140 Å². The Balaban J connectivity index is 2.13. The quantitative estimate of drug-likeness (QED) is 0.537. The number of imidazole rings is 1. The first-order valence-corrected chi connectivity index (χ1v) is 6.49. The van der Waals surface area contributed by atoms with Crippen LogP contribution in [0.4, 0.5) is 5.82 Å². The molecule has 3 rings (SSSR count). The molecule has 2 aromatic heterocycles. The first-order chi connectivity index (χ1) is 9.86. The molecule has 1 saturated heterocycles. The largest absolute Gasteiger partial charge is 0.394 e. The van der Waals surface area contributed by atoms with E-state index in [-0.39, 0.29) is 5.82 Å². The Hall–Kier alpha value is -1.81. The highest BCUT2D eigenvalue weighted by Crippen LogP contribution is 2.39. The molecule has 5 N–H and O–H groups in total. The van der Waals surface area contributed by atoms with Gasteiger partial charge in [0.2, 0.25) is 0 Å². The van der Waals surface area contributed by atoms with Crippen LogP contribution in [0.25, 0.3) is 11.2 Å². The van der Waals surface area contributed by atoms with E-state index in [4.69, 9.17) is 10.5 Å². The predicted octanol–water partition coefficient (Wildman–Crippen LogP) is -1.28. The van der Waals surface area contributed by atoms with Crippen molar-refractivity contribution in [2.75, 3.05) is 12.3 Å². The van der Waals surface area contributed by atoms with E-state index < -0.39 is 30.6 Å². The summed E-state index contributed by atoms with van der Waals surface area (Å²) < 4.78 is 7.03. The van der Waals surface area contributed by atoms with Crippen molar-refractivity contribution >= 4 is 17.0 Å². The van der Waals surface area contributed by atoms with Gasteiger partial charge in [-0.3, -0.25) is 4.57 Å². The van der Waals surface area contributed by atoms with Crippen molar-refractivity contribution in [2.24, 2.45) is 0 Å². The second-order valence-corrected chi connectivity index (χ2v) is 5.36. The Morgan fingerprint density at radius 2 is 2.19 bits per heavy atom. The van der Waals surface area contributed by atoms with Crippen LogP contribution < -0.4 is 5.73 Å². The van der Waals surface area contributed by atoms with Gasteiger partial charge in [-0.25, -0.2) is 15.0 Å². The van der Waals surface area contributed by atoms with E-state index in [0.29, 0.717) is 17.0 Å². The second-order valence-electron chi connectivity index (χ2n) is 5.36. The summed E-state index contributed by atoms with van der Waals surface area (Å²) in [4.78, 5) is 12.4. The molecule has 0 radical (unpaired) electrons. The normalized spacial score (nSPS) is 32.9. The monoisotopic (exact) mass is 295 g/mol. The third kappa shape index (κ3) is 1.97. The molecule has 0 bridgehead atoms. The van der Waals surface area contributed by atoms with Gasteiger partial charge in [0.25, 0.3) is 0 Å². The summed E-state index contributed by atoms with van der Waals surface area (Å²) in [6.45, 7) is 2.71. The van der Waals surface area contributed by atoms with Crippen LogP contribution in [0.2, 0.25) is 0 Å². The van der Waals surface area contributed by atoms with Crippen molar-refractivity contribution in [3.63, 3.8) is 0 Å². The highest BCUT2D eigenvalue weighted by Gasteiger charge is 2.53. The molecule has 0 aromatic carbocycles. The van der Waals surface area contributed by atoms with Gasteiger partial charge in [-0.05, 0) is 13.8 Å². The van der Waals surface area contributed by atoms with Gasteiger partial charge in [-0.2, -0.15) is 0 Å². The van der Waals surface area contributed by atoms with Crippen molar-refractivity contribution in [3.8, 4) is 0 Å². The standard InChI is InChI=1S/C12H17N5O4/c1-5-15-9(13)7-10(16-5)17(4-14-7)11-12(2,20)8(19)6(3-18)21-11/h4,6,8,11,18-20H,3H2,1-2H3,(H2,13,15,16)/t6-,8-,11-,12-/m1/s1. The molecule has 0 amide bonds. The lowest BCUT2D eigenvalue weighted by Gasteiger charge is -2.27. The summed E-state index contributed by atoms with van der Waals surface area (Å²) in [6, 6.07) is 0. The lowest BCUT2D eigenvalue weighted by molar-refractivity contribution is -0.0950. The van der Waals surface area contributed by atoms with Gasteiger partial charge in [-0.1, -0.05) is 0 Å². The van der Waals surface area contributed by atoms with Gasteiger partial charge in [0.05, 0.1) is 12.9 Å². The van der Waals surface area contributed by atoms with Crippen LogP contribution in [0, 0.1) is 6.92 Å². The van der Waals surface area contributed by atoms with E-state index in [9.17, 15) is 15.3 Å². The number of fused-ring (bicyclic) bond motifs is 1. The predicted molar refractivity (Wildman–Crippen MR) is 72.1 cm³/mol. The minimum absolute atomic E-state index is 0.230. The summed E-state index contributed by atoms with van der Waals surface area (Å²) >= 11 is 0. The van der Waals surface area contributed by atoms with Gasteiger partial charge >= 0.3 is 0 Å². The molecule has 9 heteroatoms. The number of aromatic nitrogens is 4. The van der Waals surface area contributed by atoms with Gasteiger partial charge in [-0.15, -0.1) is 0 Å². The number of anilines is 1. The van der Waals surface area contributed by atoms with Crippen molar-refractivity contribution in [2.45, 2.75) is 37.9 Å². The van der Waals surface area contributed by atoms with Crippen molar-refractivity contribution in [1.29, 1.82) is 0 Å². The van der Waals surface area contributed by atoms with Crippen LogP contribution in [-0.4, -0.2) is 59.3 Å². The lowest BCUT2D eigenvalue weighted by atomic mass is 9.96. The SMILES string of the molecule is Cc1nc(N)c2ncn([C@@H]3O[C@H](CO)[C@@H](O)[C@@]3(C)O)c2n1. The van der Waals surface area contributed by atoms with Crippen LogP contribution in [0.15, 0.2) is 6.33 Å². The van der Waals surface area contributed by atoms with E-state index in [1.165, 1.54) is 17.8 Å². The molecule has 0 aliphatic carbocycles. The lowest BCUT2D eigenvalue weighted by Crippen LogP contribution is -2.44. The van der Waals surface area contributed by atoms with Crippen LogP contribution in [0.5, 0.6) is 0 Å². The van der Waals surface area contributed by atoms with Crippen LogP contribution in [0.1, 0.15) is 19.0 Å². The third-order valence-corrected chi connectivity index (χ3v) is 3.75. The summed E-state index contributed by atoms with van der Waals surface area (Å²) in [5.41, 5.74) is 4.99. The number of nitrogen functional groups attached to an aromatic ring is 1. The molecular weight excluding hydrogens is 278 g/mol. The maximum atomic E-state index is 10.5. The van der Waals surface area contributed by atoms with E-state index in [2.05, 4.69) is 15.0 Å². The summed E-state index contributed by atoms with van der Waals surface area (Å²) in [5.74, 6) is 0.687. The fourth-order valence-electron chi connectivity index (χ4n) is 2.61. The third-order valence-electron chi connectivity index (χ3n) is 3.75. The van der Waals surface area contributed by atoms with Crippen molar-refractivity contribution in [3.05, 3.63) is 12.2 Å². The number of hydrogen-bond acceptors (Lipinski definition) is 8. The average molecular weight is 295 g/mol. The second kappa shape index (κ2) is 4.60. The summed E-state index contributed by atoms with van der Waals surface area (Å²) in [7, 11) is 0. The molecule has 1 aliphatic rings. The molecule has 0 saturated carbocycles. The van der Waals surface area contributed by atoms with Gasteiger partial charge in [0, 0.05) is 0 Å². The molecular formula is C12H17N5O4. The highest BCUT2D eigenvalue weighted by molar-refractivity contribution is 5.81. The number of ether oxygens (including phenoxy) is 1. The zero-order valence-electron chi connectivity index (χ0n) is 11.6. The van der Waals surface area contributed by atoms with E-state index in [0.717, 1.165) is 0 Å². The van der Waals surface area contributed by atoms with Crippen LogP contribution in [-0.2, 0) is 4.74 Å². The minimum Gasteiger partial charge on any atom is -0.394 e. The van der Waals surface area contributed by atoms with Gasteiger partial charge in [0.1, 0.15) is 29.2 Å². The Bertz CT molecular complexity index is 686. The fraction of sp³-hybridized carbons (Fsp3) is 0.583. The Kier molecular flexibility index (Phi) is 3.10. The van der Waals surface area contributed by atoms with Crippen molar-refractivity contribution < 1.29 is 20.1 Å². The first kappa shape index (κ1) is 14.1. The Morgan fingerprint density at radius 1 is 1.48 bits per heavy atom. The van der Waals surface area contributed by atoms with Gasteiger partial charge in [0.15, 0.2) is 17.7 Å². The maximum absolute atomic E-state index is 10.5. The highest BCUT2D eigenvalue weighted by atomic mass is 16.6. The number of aliphatic hydroxyl groups excluding tert-OH is 2. The molecule has 21 heavy (non-hydrogen) atoms. The van der Waals surface area contributed by atoms with Crippen LogP contribution in [0.3, 0.4) is 0 Å². The zero-order valence-corrected chi connectivity index (χ0v) is 11.6. The molecule has 0 unspecified atom stereocenters. The summed E-state index contributed by atoms with van der Waals surface area (Å²) in [5, 5.41) is 29.7. The molecule has 9 nitrogen and oxygen atoms in total. The maximum Gasteiger partial charge on any atom is 0.168 e. The van der Waals surface area contributed by atoms with Crippen molar-refractivity contribution in [1.82, 2.24) is 19.5 Å². The zero-order chi connectivity index (χ0) is 15.4. The molecule has 4 atom stereocenters. The molecule has 1 aliphatic heterocycles. The Labute approximate surface area is 120 Å². The van der Waals surface area contributed by atoms with E-state index in [1.807, 2.05) is 0 Å². The molecule has 3 heterocycles. The fourth-order valence-corrected chi connectivity index (χ4v) is 2.61. The summed E-state index contributed by atoms with van der Waals surface area (Å²) in [6.07, 6.45) is -1.64. The van der Waals surface area contributed by atoms with E-state index >= 15 is 0 Å². The first-order valence-electron chi connectivity index (χ1n) is 6.49. The minimum atomic E-state index is -1.60. The average Bonchev–Trinajstić information content (AvgIpc) is 2.91. The number of aryl methyl sites for hydroxylation is 1. The number of nitrogens with two attached hydrogens (primary N) is 1. The van der Waals surface area contributed by atoms with Gasteiger partial charge < -0.3 is 25.8 Å². The number of hydrogen-bond donors (Lipinski definition) is 4. The Morgan fingerprint density at radius 3 is 2.81 bits per heavy atom. The smallest absolute Gasteiger partial charge is 0.168 e. The number of rotatable bonds is 2. The molecule has 2 aromatic rings. The molecule has 114 valence electrons. The van der Waals surface area contributed by atoms with E-state index in [1.54, 1.807) is 6.92 Å². The van der Waals surface area contributed by atoms with Crippen LogP contribution >= 0.6 is 0 Å². The number of aliphatic hydroxyl groups is 3. The number of nitrogens with zero attached hydrogens (tertiary/aromatic N) is 4. The molecule has 0 spiro atoms. The molecule has 1 fully saturated rings.